The van der Waals surface area contributed by atoms with Gasteiger partial charge in [-0.1, -0.05) is 6.07 Å². The minimum atomic E-state index is -1.82. The first-order chi connectivity index (χ1) is 13.5. The van der Waals surface area contributed by atoms with E-state index in [2.05, 4.69) is 48.4 Å². The average molecular weight is 411 g/mol. The molecule has 0 fully saturated rings. The van der Waals surface area contributed by atoms with Gasteiger partial charge in [0.1, 0.15) is 0 Å². The zero-order valence-corrected chi connectivity index (χ0v) is 16.1. The number of rotatable bonds is 5. The van der Waals surface area contributed by atoms with Gasteiger partial charge in [-0.15, -0.1) is 0 Å². The Bertz CT molecular complexity index is 797. The number of carboxylic acids is 4. The fourth-order valence-corrected chi connectivity index (χ4v) is 2.10. The van der Waals surface area contributed by atoms with Gasteiger partial charge in [-0.05, 0) is 56.7 Å². The summed E-state index contributed by atoms with van der Waals surface area (Å²) < 4.78 is 0. The molecule has 0 aliphatic rings. The quantitative estimate of drug-likeness (QED) is 0.367. The number of benzene rings is 1. The van der Waals surface area contributed by atoms with E-state index in [0.717, 1.165) is 19.4 Å². The summed E-state index contributed by atoms with van der Waals surface area (Å²) in [5.74, 6) is -7.30. The predicted octanol–water partition coefficient (Wildman–Crippen LogP) is 0.0844. The molecule has 0 radical (unpaired) electrons. The van der Waals surface area contributed by atoms with Crippen molar-refractivity contribution in [3.8, 4) is 0 Å². The van der Waals surface area contributed by atoms with Crippen molar-refractivity contribution >= 4 is 34.8 Å². The molecule has 1 aromatic carbocycles. The van der Waals surface area contributed by atoms with Gasteiger partial charge in [0.15, 0.2) is 0 Å². The maximum Gasteiger partial charge on any atom is 0.414 e. The number of likely N-dealkylation sites (N-methyl/N-ethyl adjacent to an activating group) is 1. The number of nitrogens with one attached hydrogen (secondary N) is 1. The predicted molar refractivity (Wildman–Crippen MR) is 104 cm³/mol. The number of hydrogen-bond acceptors (Lipinski definition) is 6. The van der Waals surface area contributed by atoms with Gasteiger partial charge in [0.2, 0.25) is 0 Å². The number of aromatic nitrogens is 1. The highest BCUT2D eigenvalue weighted by atomic mass is 16.4. The molecular formula is C18H25N3O8. The van der Waals surface area contributed by atoms with Gasteiger partial charge in [0.05, 0.1) is 0 Å². The standard InChI is InChI=1S/C14H21N3.2C2H2O4/c1-17(2)8-6-12-10-16-14-4-3-11(5-7-15)9-13(12)14;2*3-1(4)2(5)6/h3-4,9-10,16H,5-8,15H2,1-2H3;2*(H,3,4)(H,5,6). The van der Waals surface area contributed by atoms with E-state index in [9.17, 15) is 0 Å². The van der Waals surface area contributed by atoms with E-state index in [4.69, 9.17) is 45.3 Å². The Morgan fingerprint density at radius 2 is 1.45 bits per heavy atom. The lowest BCUT2D eigenvalue weighted by Gasteiger charge is -2.08. The molecule has 7 N–H and O–H groups in total. The van der Waals surface area contributed by atoms with Crippen LogP contribution >= 0.6 is 0 Å². The van der Waals surface area contributed by atoms with Crippen molar-refractivity contribution in [2.24, 2.45) is 5.73 Å². The Kier molecular flexibility index (Phi) is 11.3. The van der Waals surface area contributed by atoms with Crippen molar-refractivity contribution in [2.45, 2.75) is 12.8 Å². The van der Waals surface area contributed by atoms with Crippen LogP contribution < -0.4 is 5.73 Å². The minimum absolute atomic E-state index is 0.711. The van der Waals surface area contributed by atoms with Crippen LogP contribution in [0.2, 0.25) is 0 Å². The Hall–Kier alpha value is -3.44. The average Bonchev–Trinajstić information content (AvgIpc) is 3.03. The fraction of sp³-hybridized carbons (Fsp3) is 0.333. The summed E-state index contributed by atoms with van der Waals surface area (Å²) in [6.45, 7) is 1.79. The lowest BCUT2D eigenvalue weighted by molar-refractivity contribution is -0.159. The maximum absolute atomic E-state index is 9.10. The lowest BCUT2D eigenvalue weighted by atomic mass is 10.1. The third kappa shape index (κ3) is 10.5. The van der Waals surface area contributed by atoms with E-state index >= 15 is 0 Å². The van der Waals surface area contributed by atoms with Crippen LogP contribution in [0.4, 0.5) is 0 Å². The molecule has 0 unspecified atom stereocenters. The number of hydrogen-bond donors (Lipinski definition) is 6. The highest BCUT2D eigenvalue weighted by molar-refractivity contribution is 6.27. The van der Waals surface area contributed by atoms with Crippen molar-refractivity contribution in [3.05, 3.63) is 35.5 Å². The summed E-state index contributed by atoms with van der Waals surface area (Å²) in [6.07, 6.45) is 4.16. The van der Waals surface area contributed by atoms with Crippen molar-refractivity contribution < 1.29 is 39.6 Å². The molecule has 0 aliphatic heterocycles. The van der Waals surface area contributed by atoms with E-state index < -0.39 is 23.9 Å². The van der Waals surface area contributed by atoms with Gasteiger partial charge in [-0.3, -0.25) is 0 Å². The van der Waals surface area contributed by atoms with Gasteiger partial charge in [0, 0.05) is 23.6 Å². The van der Waals surface area contributed by atoms with E-state index in [1.54, 1.807) is 0 Å². The number of carboxylic acid groups (broad SMARTS) is 4. The summed E-state index contributed by atoms with van der Waals surface area (Å²) in [7, 11) is 4.21. The Balaban J connectivity index is 0.000000542. The fourth-order valence-electron chi connectivity index (χ4n) is 2.10. The Labute approximate surface area is 166 Å². The van der Waals surface area contributed by atoms with Gasteiger partial charge < -0.3 is 36.0 Å². The van der Waals surface area contributed by atoms with Crippen LogP contribution in [-0.4, -0.2) is 81.4 Å². The number of nitrogens with zero attached hydrogens (tertiary/aromatic N) is 1. The minimum Gasteiger partial charge on any atom is -0.473 e. The molecule has 1 aromatic heterocycles. The monoisotopic (exact) mass is 411 g/mol. The molecular weight excluding hydrogens is 386 g/mol. The number of aromatic amines is 1. The summed E-state index contributed by atoms with van der Waals surface area (Å²) in [5.41, 5.74) is 9.54. The van der Waals surface area contributed by atoms with Crippen LogP contribution in [0.1, 0.15) is 11.1 Å². The number of carbonyl (C=O) groups is 4. The molecule has 0 atom stereocenters. The van der Waals surface area contributed by atoms with E-state index in [-0.39, 0.29) is 0 Å². The first-order valence-corrected chi connectivity index (χ1v) is 8.35. The lowest BCUT2D eigenvalue weighted by Crippen LogP contribution is -2.14. The molecule has 11 nitrogen and oxygen atoms in total. The van der Waals surface area contributed by atoms with Crippen LogP contribution in [0.15, 0.2) is 24.4 Å². The summed E-state index contributed by atoms with van der Waals surface area (Å²) in [5, 5.41) is 30.9. The zero-order chi connectivity index (χ0) is 22.6. The normalized spacial score (nSPS) is 9.79. The molecule has 29 heavy (non-hydrogen) atoms. The topological polar surface area (TPSA) is 194 Å². The summed E-state index contributed by atoms with van der Waals surface area (Å²) in [4.78, 5) is 41.9. The SMILES string of the molecule is CN(C)CCc1c[nH]c2ccc(CCN)cc12.O=C(O)C(=O)O.O=C(O)C(=O)O. The zero-order valence-electron chi connectivity index (χ0n) is 16.1. The second-order valence-corrected chi connectivity index (χ2v) is 6.01. The van der Waals surface area contributed by atoms with Crippen molar-refractivity contribution in [1.29, 1.82) is 0 Å². The molecule has 0 amide bonds. The smallest absolute Gasteiger partial charge is 0.414 e. The third-order valence-electron chi connectivity index (χ3n) is 3.46. The second kappa shape index (κ2) is 12.9. The number of nitrogens with two attached hydrogens (primary N) is 1. The third-order valence-corrected chi connectivity index (χ3v) is 3.46. The molecule has 0 bridgehead atoms. The van der Waals surface area contributed by atoms with Gasteiger partial charge in [-0.25, -0.2) is 19.2 Å². The Morgan fingerprint density at radius 3 is 1.86 bits per heavy atom. The molecule has 160 valence electrons. The molecule has 0 saturated carbocycles. The number of fused-ring (bicyclic) bond motifs is 1. The highest BCUT2D eigenvalue weighted by Gasteiger charge is 2.05. The van der Waals surface area contributed by atoms with Crippen LogP contribution in [0.25, 0.3) is 10.9 Å². The number of aliphatic carboxylic acids is 4. The number of H-pyrrole nitrogens is 1. The summed E-state index contributed by atoms with van der Waals surface area (Å²) in [6, 6.07) is 6.57. The van der Waals surface area contributed by atoms with Gasteiger partial charge in [-0.2, -0.15) is 0 Å². The van der Waals surface area contributed by atoms with Crippen molar-refractivity contribution in [2.75, 3.05) is 27.2 Å². The highest BCUT2D eigenvalue weighted by Crippen LogP contribution is 2.20. The summed E-state index contributed by atoms with van der Waals surface area (Å²) >= 11 is 0. The maximum atomic E-state index is 9.10. The molecule has 11 heteroatoms. The first-order valence-electron chi connectivity index (χ1n) is 8.35. The molecule has 0 saturated heterocycles. The largest absolute Gasteiger partial charge is 0.473 e. The van der Waals surface area contributed by atoms with Crippen molar-refractivity contribution in [3.63, 3.8) is 0 Å². The second-order valence-electron chi connectivity index (χ2n) is 6.01. The van der Waals surface area contributed by atoms with Crippen LogP contribution in [0.5, 0.6) is 0 Å². The van der Waals surface area contributed by atoms with Crippen LogP contribution in [0, 0.1) is 0 Å². The van der Waals surface area contributed by atoms with Crippen LogP contribution in [-0.2, 0) is 32.0 Å². The first kappa shape index (κ1) is 25.6. The molecule has 1 heterocycles. The van der Waals surface area contributed by atoms with Crippen LogP contribution in [0.3, 0.4) is 0 Å². The van der Waals surface area contributed by atoms with Gasteiger partial charge >= 0.3 is 23.9 Å². The van der Waals surface area contributed by atoms with Crippen molar-refractivity contribution in [1.82, 2.24) is 9.88 Å². The molecule has 2 aromatic rings. The van der Waals surface area contributed by atoms with E-state index in [1.807, 2.05) is 0 Å². The molecule has 0 spiro atoms. The van der Waals surface area contributed by atoms with E-state index in [1.165, 1.54) is 22.0 Å². The van der Waals surface area contributed by atoms with Gasteiger partial charge in [0.25, 0.3) is 0 Å². The Morgan fingerprint density at radius 1 is 0.931 bits per heavy atom. The molecule has 0 aliphatic carbocycles. The molecule has 2 rings (SSSR count). The van der Waals surface area contributed by atoms with E-state index in [0.29, 0.717) is 6.54 Å².